The van der Waals surface area contributed by atoms with Gasteiger partial charge in [0, 0.05) is 0 Å². The number of hydrogen-bond acceptors (Lipinski definition) is 4. The number of hydrogen-bond donors (Lipinski definition) is 1. The number of ether oxygens (including phenoxy) is 2. The summed E-state index contributed by atoms with van der Waals surface area (Å²) in [5.41, 5.74) is 1.76. The Labute approximate surface area is 154 Å². The minimum absolute atomic E-state index is 0.270. The van der Waals surface area contributed by atoms with Crippen molar-refractivity contribution < 1.29 is 19.1 Å². The lowest BCUT2D eigenvalue weighted by atomic mass is 10.0. The van der Waals surface area contributed by atoms with Crippen LogP contribution in [0.3, 0.4) is 0 Å². The number of rotatable bonds is 7. The Hall–Kier alpha value is -2.82. The summed E-state index contributed by atoms with van der Waals surface area (Å²) in [7, 11) is 0. The highest BCUT2D eigenvalue weighted by Gasteiger charge is 2.20. The van der Waals surface area contributed by atoms with Crippen molar-refractivity contribution in [2.24, 2.45) is 0 Å². The molecule has 1 N–H and O–H groups in total. The predicted octanol–water partition coefficient (Wildman–Crippen LogP) is 4.39. The molecule has 26 heavy (non-hydrogen) atoms. The number of para-hydroxylation sites is 2. The van der Waals surface area contributed by atoms with E-state index in [-0.39, 0.29) is 18.4 Å². The van der Waals surface area contributed by atoms with Gasteiger partial charge in [0.25, 0.3) is 5.91 Å². The molecule has 0 aliphatic carbocycles. The molecule has 5 heteroatoms. The van der Waals surface area contributed by atoms with Crippen LogP contribution in [-0.4, -0.2) is 24.6 Å². The normalized spacial score (nSPS) is 11.7. The number of esters is 1. The van der Waals surface area contributed by atoms with Gasteiger partial charge in [-0.05, 0) is 43.5 Å². The van der Waals surface area contributed by atoms with E-state index < -0.39 is 12.1 Å². The Kier molecular flexibility index (Phi) is 6.78. The molecule has 0 aliphatic heterocycles. The molecule has 1 amide bonds. The Morgan fingerprint density at radius 3 is 2.35 bits per heavy atom. The van der Waals surface area contributed by atoms with E-state index in [0.717, 1.165) is 5.56 Å². The van der Waals surface area contributed by atoms with Crippen molar-refractivity contribution in [1.82, 2.24) is 0 Å². The van der Waals surface area contributed by atoms with Gasteiger partial charge in [-0.25, -0.2) is 4.79 Å². The summed E-state index contributed by atoms with van der Waals surface area (Å²) in [6, 6.07) is 14.4. The van der Waals surface area contributed by atoms with Crippen LogP contribution < -0.4 is 10.1 Å². The number of benzene rings is 2. The molecule has 0 bridgehead atoms. The summed E-state index contributed by atoms with van der Waals surface area (Å²) in [5.74, 6) is 0.164. The van der Waals surface area contributed by atoms with Gasteiger partial charge in [0.05, 0.1) is 17.9 Å². The molecular weight excluding hydrogens is 330 g/mol. The first-order valence-corrected chi connectivity index (χ1v) is 8.76. The third kappa shape index (κ3) is 4.85. The molecule has 138 valence electrons. The lowest BCUT2D eigenvalue weighted by Crippen LogP contribution is -2.31. The second kappa shape index (κ2) is 9.04. The van der Waals surface area contributed by atoms with E-state index in [4.69, 9.17) is 9.47 Å². The van der Waals surface area contributed by atoms with E-state index >= 15 is 0 Å². The second-order valence-corrected chi connectivity index (χ2v) is 6.21. The minimum Gasteiger partial charge on any atom is -0.481 e. The van der Waals surface area contributed by atoms with Crippen molar-refractivity contribution >= 4 is 17.6 Å². The highest BCUT2D eigenvalue weighted by atomic mass is 16.5. The minimum atomic E-state index is -0.717. The Morgan fingerprint density at radius 1 is 1.00 bits per heavy atom. The fourth-order valence-corrected chi connectivity index (χ4v) is 2.52. The predicted molar refractivity (Wildman–Crippen MR) is 102 cm³/mol. The molecule has 0 radical (unpaired) electrons. The summed E-state index contributed by atoms with van der Waals surface area (Å²) in [6.07, 6.45) is -0.717. The first-order valence-electron chi connectivity index (χ1n) is 8.76. The van der Waals surface area contributed by atoms with E-state index in [1.54, 1.807) is 38.1 Å². The average molecular weight is 355 g/mol. The molecule has 0 spiro atoms. The first-order chi connectivity index (χ1) is 12.4. The molecule has 0 aromatic heterocycles. The largest absolute Gasteiger partial charge is 0.481 e. The SMILES string of the molecule is CCOC(=O)c1ccccc1NC(=O)[C@H](C)Oc1ccccc1C(C)C. The molecule has 2 aromatic carbocycles. The highest BCUT2D eigenvalue weighted by molar-refractivity contribution is 6.02. The zero-order chi connectivity index (χ0) is 19.1. The zero-order valence-corrected chi connectivity index (χ0v) is 15.6. The maximum absolute atomic E-state index is 12.5. The Bertz CT molecular complexity index is 770. The van der Waals surface area contributed by atoms with Crippen molar-refractivity contribution in [2.75, 3.05) is 11.9 Å². The third-order valence-electron chi connectivity index (χ3n) is 3.89. The highest BCUT2D eigenvalue weighted by Crippen LogP contribution is 2.27. The van der Waals surface area contributed by atoms with Gasteiger partial charge in [-0.15, -0.1) is 0 Å². The lowest BCUT2D eigenvalue weighted by molar-refractivity contribution is -0.122. The van der Waals surface area contributed by atoms with Crippen molar-refractivity contribution in [3.8, 4) is 5.75 Å². The van der Waals surface area contributed by atoms with Crippen LogP contribution in [0.15, 0.2) is 48.5 Å². The maximum atomic E-state index is 12.5. The lowest BCUT2D eigenvalue weighted by Gasteiger charge is -2.19. The van der Waals surface area contributed by atoms with Gasteiger partial charge >= 0.3 is 5.97 Å². The van der Waals surface area contributed by atoms with E-state index in [9.17, 15) is 9.59 Å². The quantitative estimate of drug-likeness (QED) is 0.748. The summed E-state index contributed by atoms with van der Waals surface area (Å²) in [5, 5.41) is 2.75. The van der Waals surface area contributed by atoms with Gasteiger partial charge < -0.3 is 14.8 Å². The van der Waals surface area contributed by atoms with Crippen molar-refractivity contribution in [3.05, 3.63) is 59.7 Å². The molecule has 0 saturated carbocycles. The topological polar surface area (TPSA) is 64.6 Å². The fraction of sp³-hybridized carbons (Fsp3) is 0.333. The number of carbonyl (C=O) groups excluding carboxylic acids is 2. The summed E-state index contributed by atoms with van der Waals surface area (Å²) in [6.45, 7) is 7.83. The zero-order valence-electron chi connectivity index (χ0n) is 15.6. The molecule has 5 nitrogen and oxygen atoms in total. The van der Waals surface area contributed by atoms with E-state index in [2.05, 4.69) is 19.2 Å². The van der Waals surface area contributed by atoms with Gasteiger partial charge in [-0.2, -0.15) is 0 Å². The monoisotopic (exact) mass is 355 g/mol. The van der Waals surface area contributed by atoms with Crippen LogP contribution in [0, 0.1) is 0 Å². The molecule has 0 aliphatic rings. The van der Waals surface area contributed by atoms with Crippen molar-refractivity contribution in [3.63, 3.8) is 0 Å². The second-order valence-electron chi connectivity index (χ2n) is 6.21. The molecular formula is C21H25NO4. The summed E-state index contributed by atoms with van der Waals surface area (Å²) in [4.78, 5) is 24.6. The van der Waals surface area contributed by atoms with Gasteiger partial charge in [-0.3, -0.25) is 4.79 Å². The standard InChI is InChI=1S/C21H25NO4/c1-5-25-21(24)17-11-6-8-12-18(17)22-20(23)15(4)26-19-13-9-7-10-16(19)14(2)3/h6-15H,5H2,1-4H3,(H,22,23)/t15-/m0/s1. The molecule has 0 saturated heterocycles. The smallest absolute Gasteiger partial charge is 0.340 e. The average Bonchev–Trinajstić information content (AvgIpc) is 2.62. The van der Waals surface area contributed by atoms with Crippen LogP contribution in [0.1, 0.15) is 49.5 Å². The molecule has 0 fully saturated rings. The van der Waals surface area contributed by atoms with Crippen LogP contribution in [0.5, 0.6) is 5.75 Å². The van der Waals surface area contributed by atoms with E-state index in [1.807, 2.05) is 24.3 Å². The van der Waals surface area contributed by atoms with Gasteiger partial charge in [-0.1, -0.05) is 44.2 Å². The summed E-state index contributed by atoms with van der Waals surface area (Å²) >= 11 is 0. The van der Waals surface area contributed by atoms with Crippen LogP contribution in [0.4, 0.5) is 5.69 Å². The number of anilines is 1. The van der Waals surface area contributed by atoms with Crippen LogP contribution in [0.2, 0.25) is 0 Å². The van der Waals surface area contributed by atoms with Gasteiger partial charge in [0.1, 0.15) is 5.75 Å². The fourth-order valence-electron chi connectivity index (χ4n) is 2.52. The third-order valence-corrected chi connectivity index (χ3v) is 3.89. The molecule has 1 atom stereocenters. The van der Waals surface area contributed by atoms with Gasteiger partial charge in [0.2, 0.25) is 0 Å². The maximum Gasteiger partial charge on any atom is 0.340 e. The van der Waals surface area contributed by atoms with E-state index in [0.29, 0.717) is 17.0 Å². The molecule has 0 unspecified atom stereocenters. The Morgan fingerprint density at radius 2 is 1.65 bits per heavy atom. The van der Waals surface area contributed by atoms with Crippen LogP contribution >= 0.6 is 0 Å². The summed E-state index contributed by atoms with van der Waals surface area (Å²) < 4.78 is 10.9. The molecule has 2 rings (SSSR count). The van der Waals surface area contributed by atoms with Crippen LogP contribution in [-0.2, 0) is 9.53 Å². The Balaban J connectivity index is 2.12. The number of amides is 1. The van der Waals surface area contributed by atoms with Crippen molar-refractivity contribution in [1.29, 1.82) is 0 Å². The van der Waals surface area contributed by atoms with Crippen LogP contribution in [0.25, 0.3) is 0 Å². The first kappa shape index (κ1) is 19.5. The van der Waals surface area contributed by atoms with E-state index in [1.165, 1.54) is 0 Å². The van der Waals surface area contributed by atoms with Crippen molar-refractivity contribution in [2.45, 2.75) is 39.7 Å². The molecule has 0 heterocycles. The van der Waals surface area contributed by atoms with Gasteiger partial charge in [0.15, 0.2) is 6.10 Å². The molecule has 2 aromatic rings. The number of carbonyl (C=O) groups is 2. The number of nitrogens with one attached hydrogen (secondary N) is 1.